The lowest BCUT2D eigenvalue weighted by Crippen LogP contribution is -1.97. The van der Waals surface area contributed by atoms with Gasteiger partial charge in [0.15, 0.2) is 0 Å². The van der Waals surface area contributed by atoms with Crippen molar-refractivity contribution in [1.82, 2.24) is 0 Å². The summed E-state index contributed by atoms with van der Waals surface area (Å²) >= 11 is 3.47. The summed E-state index contributed by atoms with van der Waals surface area (Å²) in [4.78, 5) is 0. The van der Waals surface area contributed by atoms with Gasteiger partial charge in [0.25, 0.3) is 0 Å². The van der Waals surface area contributed by atoms with Gasteiger partial charge in [0, 0.05) is 17.7 Å². The van der Waals surface area contributed by atoms with Crippen molar-refractivity contribution in [3.05, 3.63) is 27.7 Å². The van der Waals surface area contributed by atoms with Crippen LogP contribution in [0.4, 0.5) is 0 Å². The Morgan fingerprint density at radius 1 is 1.31 bits per heavy atom. The molecule has 1 rings (SSSR count). The van der Waals surface area contributed by atoms with Crippen LogP contribution in [0, 0.1) is 6.92 Å². The fraction of sp³-hybridized carbons (Fsp3) is 0.333. The molecule has 0 saturated carbocycles. The van der Waals surface area contributed by atoms with Crippen LogP contribution in [-0.4, -0.2) is 20.8 Å². The van der Waals surface area contributed by atoms with Gasteiger partial charge in [-0.05, 0) is 28.9 Å². The second-order valence-corrected chi connectivity index (χ2v) is 4.13. The molecule has 0 amide bonds. The topological polar surface area (TPSA) is 44.5 Å². The van der Waals surface area contributed by atoms with Crippen LogP contribution in [0.5, 0.6) is 11.5 Å². The third-order valence-electron chi connectivity index (χ3n) is 2.28. The smallest absolute Gasteiger partial charge is 0.139 e. The van der Waals surface area contributed by atoms with E-state index in [0.29, 0.717) is 6.54 Å². The second kappa shape index (κ2) is 5.92. The first-order valence-electron chi connectivity index (χ1n) is 4.93. The zero-order valence-electron chi connectivity index (χ0n) is 9.71. The van der Waals surface area contributed by atoms with E-state index < -0.39 is 0 Å². The molecule has 1 aromatic rings. The molecular weight excluding hydrogens is 270 g/mol. The number of benzene rings is 1. The molecule has 0 atom stereocenters. The summed E-state index contributed by atoms with van der Waals surface area (Å²) in [5.41, 5.74) is 7.39. The monoisotopic (exact) mass is 285 g/mol. The largest absolute Gasteiger partial charge is 0.496 e. The van der Waals surface area contributed by atoms with Crippen LogP contribution in [0.15, 0.2) is 16.6 Å². The van der Waals surface area contributed by atoms with Gasteiger partial charge in [-0.1, -0.05) is 12.2 Å². The molecule has 0 aliphatic rings. The first kappa shape index (κ1) is 13.1. The Kier molecular flexibility index (Phi) is 4.83. The van der Waals surface area contributed by atoms with Gasteiger partial charge in [0.05, 0.1) is 18.7 Å². The lowest BCUT2D eigenvalue weighted by molar-refractivity contribution is 0.386. The van der Waals surface area contributed by atoms with Crippen LogP contribution < -0.4 is 15.2 Å². The Labute approximate surface area is 104 Å². The number of rotatable bonds is 4. The fourth-order valence-electron chi connectivity index (χ4n) is 1.61. The maximum absolute atomic E-state index is 5.44. The molecule has 0 radical (unpaired) electrons. The van der Waals surface area contributed by atoms with Crippen LogP contribution in [0.3, 0.4) is 0 Å². The summed E-state index contributed by atoms with van der Waals surface area (Å²) in [6.07, 6.45) is 3.83. The van der Waals surface area contributed by atoms with Gasteiger partial charge in [-0.25, -0.2) is 0 Å². The highest BCUT2D eigenvalue weighted by atomic mass is 79.9. The summed E-state index contributed by atoms with van der Waals surface area (Å²) < 4.78 is 11.6. The number of ether oxygens (including phenoxy) is 2. The molecule has 0 aromatic heterocycles. The van der Waals surface area contributed by atoms with E-state index >= 15 is 0 Å². The molecule has 16 heavy (non-hydrogen) atoms. The van der Waals surface area contributed by atoms with Crippen molar-refractivity contribution in [2.45, 2.75) is 6.92 Å². The standard InChI is InChI=1S/C12H16BrNO2/c1-8-11(15-2)9(5-4-6-14)7-10(13)12(8)16-3/h4-5,7H,6,14H2,1-3H3/b5-4+. The highest BCUT2D eigenvalue weighted by Crippen LogP contribution is 2.38. The molecule has 4 heteroatoms. The van der Waals surface area contributed by atoms with E-state index in [1.807, 2.05) is 25.1 Å². The Hall–Kier alpha value is -1.00. The normalized spacial score (nSPS) is 10.8. The van der Waals surface area contributed by atoms with Gasteiger partial charge >= 0.3 is 0 Å². The minimum Gasteiger partial charge on any atom is -0.496 e. The Morgan fingerprint density at radius 2 is 1.94 bits per heavy atom. The van der Waals surface area contributed by atoms with Crippen molar-refractivity contribution in [3.8, 4) is 11.5 Å². The first-order chi connectivity index (χ1) is 7.65. The summed E-state index contributed by atoms with van der Waals surface area (Å²) in [5.74, 6) is 1.60. The predicted octanol–water partition coefficient (Wildman–Crippen LogP) is 2.75. The van der Waals surface area contributed by atoms with E-state index in [1.165, 1.54) is 0 Å². The first-order valence-corrected chi connectivity index (χ1v) is 5.72. The summed E-state index contributed by atoms with van der Waals surface area (Å²) in [6, 6.07) is 1.96. The second-order valence-electron chi connectivity index (χ2n) is 3.28. The highest BCUT2D eigenvalue weighted by Gasteiger charge is 2.13. The van der Waals surface area contributed by atoms with Crippen molar-refractivity contribution < 1.29 is 9.47 Å². The molecule has 0 aliphatic carbocycles. The summed E-state index contributed by atoms with van der Waals surface area (Å²) in [6.45, 7) is 2.47. The van der Waals surface area contributed by atoms with Crippen LogP contribution >= 0.6 is 15.9 Å². The molecule has 0 aliphatic heterocycles. The third-order valence-corrected chi connectivity index (χ3v) is 2.87. The van der Waals surface area contributed by atoms with E-state index in [2.05, 4.69) is 15.9 Å². The molecule has 0 unspecified atom stereocenters. The summed E-state index contributed by atoms with van der Waals surface area (Å²) in [7, 11) is 3.29. The molecule has 1 aromatic carbocycles. The highest BCUT2D eigenvalue weighted by molar-refractivity contribution is 9.10. The molecule has 0 heterocycles. The predicted molar refractivity (Wildman–Crippen MR) is 70.1 cm³/mol. The molecule has 88 valence electrons. The Morgan fingerprint density at radius 3 is 2.44 bits per heavy atom. The van der Waals surface area contributed by atoms with Gasteiger partial charge in [0.1, 0.15) is 11.5 Å². The zero-order chi connectivity index (χ0) is 12.1. The Balaban J connectivity index is 3.34. The van der Waals surface area contributed by atoms with E-state index in [0.717, 1.165) is 27.1 Å². The maximum Gasteiger partial charge on any atom is 0.139 e. The molecule has 0 bridgehead atoms. The molecular formula is C12H16BrNO2. The number of halogens is 1. The molecule has 2 N–H and O–H groups in total. The summed E-state index contributed by atoms with van der Waals surface area (Å²) in [5, 5.41) is 0. The van der Waals surface area contributed by atoms with Gasteiger partial charge in [0.2, 0.25) is 0 Å². The third kappa shape index (κ3) is 2.57. The molecule has 0 spiro atoms. The molecule has 0 saturated heterocycles. The van der Waals surface area contributed by atoms with Crippen molar-refractivity contribution in [2.24, 2.45) is 5.73 Å². The van der Waals surface area contributed by atoms with E-state index in [-0.39, 0.29) is 0 Å². The fourth-order valence-corrected chi connectivity index (χ4v) is 2.31. The van der Waals surface area contributed by atoms with Crippen LogP contribution in [-0.2, 0) is 0 Å². The Bertz CT molecular complexity index is 402. The molecule has 0 fully saturated rings. The van der Waals surface area contributed by atoms with Gasteiger partial charge < -0.3 is 15.2 Å². The number of methoxy groups -OCH3 is 2. The zero-order valence-corrected chi connectivity index (χ0v) is 11.3. The maximum atomic E-state index is 5.44. The number of hydrogen-bond donors (Lipinski definition) is 1. The van der Waals surface area contributed by atoms with E-state index in [4.69, 9.17) is 15.2 Å². The SMILES string of the molecule is COc1c(Br)cc(/C=C/CN)c(OC)c1C. The van der Waals surface area contributed by atoms with Crippen molar-refractivity contribution in [1.29, 1.82) is 0 Å². The minimum absolute atomic E-state index is 0.506. The number of hydrogen-bond acceptors (Lipinski definition) is 3. The van der Waals surface area contributed by atoms with Crippen LogP contribution in [0.2, 0.25) is 0 Å². The lowest BCUT2D eigenvalue weighted by atomic mass is 10.1. The average Bonchev–Trinajstić information content (AvgIpc) is 2.26. The number of nitrogens with two attached hydrogens (primary N) is 1. The van der Waals surface area contributed by atoms with Crippen LogP contribution in [0.1, 0.15) is 11.1 Å². The van der Waals surface area contributed by atoms with Crippen molar-refractivity contribution in [2.75, 3.05) is 20.8 Å². The van der Waals surface area contributed by atoms with Crippen molar-refractivity contribution in [3.63, 3.8) is 0 Å². The van der Waals surface area contributed by atoms with E-state index in [1.54, 1.807) is 14.2 Å². The van der Waals surface area contributed by atoms with Crippen LogP contribution in [0.25, 0.3) is 6.08 Å². The lowest BCUT2D eigenvalue weighted by Gasteiger charge is -2.14. The average molecular weight is 286 g/mol. The van der Waals surface area contributed by atoms with Gasteiger partial charge in [-0.3, -0.25) is 0 Å². The van der Waals surface area contributed by atoms with Gasteiger partial charge in [-0.2, -0.15) is 0 Å². The molecule has 3 nitrogen and oxygen atoms in total. The minimum atomic E-state index is 0.506. The van der Waals surface area contributed by atoms with E-state index in [9.17, 15) is 0 Å². The van der Waals surface area contributed by atoms with Crippen molar-refractivity contribution >= 4 is 22.0 Å². The van der Waals surface area contributed by atoms with Gasteiger partial charge in [-0.15, -0.1) is 0 Å². The quantitative estimate of drug-likeness (QED) is 0.925.